The van der Waals surface area contributed by atoms with E-state index in [-0.39, 0.29) is 30.2 Å². The number of aromatic nitrogens is 2. The van der Waals surface area contributed by atoms with Gasteiger partial charge in [0.25, 0.3) is 5.91 Å². The van der Waals surface area contributed by atoms with Gasteiger partial charge in [0.15, 0.2) is 0 Å². The van der Waals surface area contributed by atoms with Crippen molar-refractivity contribution in [2.24, 2.45) is 5.92 Å². The van der Waals surface area contributed by atoms with Crippen molar-refractivity contribution in [3.8, 4) is 5.69 Å². The minimum atomic E-state index is -0.302. The second-order valence-electron chi connectivity index (χ2n) is 8.63. The van der Waals surface area contributed by atoms with Gasteiger partial charge in [-0.25, -0.2) is 4.98 Å². The fourth-order valence-electron chi connectivity index (χ4n) is 4.49. The van der Waals surface area contributed by atoms with E-state index in [1.165, 1.54) is 4.90 Å². The molecule has 2 heterocycles. The van der Waals surface area contributed by atoms with Crippen LogP contribution in [0.2, 0.25) is 0 Å². The zero-order chi connectivity index (χ0) is 24.2. The summed E-state index contributed by atoms with van der Waals surface area (Å²) < 4.78 is 7.16. The molecule has 1 saturated heterocycles. The summed E-state index contributed by atoms with van der Waals surface area (Å²) in [5.74, 6) is -0.154. The molecule has 0 N–H and O–H groups in total. The molecule has 178 valence electrons. The van der Waals surface area contributed by atoms with Crippen LogP contribution >= 0.6 is 0 Å². The molecule has 1 unspecified atom stereocenters. The maximum atomic E-state index is 13.1. The van der Waals surface area contributed by atoms with E-state index in [0.29, 0.717) is 31.7 Å². The van der Waals surface area contributed by atoms with Crippen molar-refractivity contribution in [1.82, 2.24) is 19.4 Å². The Kier molecular flexibility index (Phi) is 6.95. The third-order valence-corrected chi connectivity index (χ3v) is 6.20. The molecular weight excluding hydrogens is 432 g/mol. The first-order valence-corrected chi connectivity index (χ1v) is 11.6. The molecule has 2 aromatic carbocycles. The van der Waals surface area contributed by atoms with Gasteiger partial charge >= 0.3 is 5.97 Å². The molecule has 2 amide bonds. The van der Waals surface area contributed by atoms with E-state index < -0.39 is 0 Å². The van der Waals surface area contributed by atoms with E-state index in [2.05, 4.69) is 4.98 Å². The van der Waals surface area contributed by atoms with Gasteiger partial charge in [-0.1, -0.05) is 18.2 Å². The first kappa shape index (κ1) is 23.5. The van der Waals surface area contributed by atoms with Crippen molar-refractivity contribution in [2.75, 3.05) is 33.3 Å². The molecule has 1 aliphatic rings. The maximum Gasteiger partial charge on any atom is 0.310 e. The highest BCUT2D eigenvalue weighted by Crippen LogP contribution is 2.23. The van der Waals surface area contributed by atoms with Gasteiger partial charge in [0.05, 0.1) is 30.1 Å². The summed E-state index contributed by atoms with van der Waals surface area (Å²) in [6.45, 7) is 4.90. The molecule has 4 rings (SSSR count). The van der Waals surface area contributed by atoms with Crippen LogP contribution in [0.25, 0.3) is 16.7 Å². The molecule has 0 radical (unpaired) electrons. The number of esters is 1. The molecule has 1 aromatic heterocycles. The van der Waals surface area contributed by atoms with Crippen LogP contribution in [0.15, 0.2) is 48.5 Å². The number of carbonyl (C=O) groups excluding carboxylic acids is 3. The molecule has 0 spiro atoms. The topological polar surface area (TPSA) is 84.7 Å². The fraction of sp³-hybridized carbons (Fsp3) is 0.385. The van der Waals surface area contributed by atoms with Crippen molar-refractivity contribution < 1.29 is 19.1 Å². The van der Waals surface area contributed by atoms with Crippen LogP contribution in [0.1, 0.15) is 35.9 Å². The normalized spacial score (nSPS) is 15.9. The second kappa shape index (κ2) is 10.1. The van der Waals surface area contributed by atoms with Crippen LogP contribution in [0.4, 0.5) is 0 Å². The third-order valence-electron chi connectivity index (χ3n) is 6.20. The number of hydrogen-bond acceptors (Lipinski definition) is 5. The van der Waals surface area contributed by atoms with E-state index in [1.807, 2.05) is 47.9 Å². The highest BCUT2D eigenvalue weighted by Gasteiger charge is 2.30. The summed E-state index contributed by atoms with van der Waals surface area (Å²) in [6, 6.07) is 15.4. The quantitative estimate of drug-likeness (QED) is 0.525. The average molecular weight is 463 g/mol. The molecule has 0 bridgehead atoms. The highest BCUT2D eigenvalue weighted by molar-refractivity contribution is 5.99. The first-order chi connectivity index (χ1) is 16.4. The molecule has 0 aliphatic carbocycles. The van der Waals surface area contributed by atoms with Gasteiger partial charge in [0, 0.05) is 31.4 Å². The van der Waals surface area contributed by atoms with Gasteiger partial charge in [0.2, 0.25) is 5.91 Å². The number of aryl methyl sites for hydroxylation is 1. The smallest absolute Gasteiger partial charge is 0.310 e. The Hall–Kier alpha value is -3.68. The lowest BCUT2D eigenvalue weighted by Gasteiger charge is -2.32. The maximum absolute atomic E-state index is 13.1. The van der Waals surface area contributed by atoms with Crippen molar-refractivity contribution in [1.29, 1.82) is 0 Å². The summed E-state index contributed by atoms with van der Waals surface area (Å²) in [4.78, 5) is 45.7. The number of benzene rings is 2. The Morgan fingerprint density at radius 2 is 1.91 bits per heavy atom. The zero-order valence-electron chi connectivity index (χ0n) is 19.9. The van der Waals surface area contributed by atoms with Gasteiger partial charge in [0.1, 0.15) is 5.82 Å². The number of piperidine rings is 1. The van der Waals surface area contributed by atoms with Crippen LogP contribution in [-0.4, -0.2) is 70.4 Å². The number of likely N-dealkylation sites (tertiary alicyclic amines) is 1. The van der Waals surface area contributed by atoms with Crippen LogP contribution in [0.3, 0.4) is 0 Å². The molecule has 1 aliphatic heterocycles. The number of likely N-dealkylation sites (N-methyl/N-ethyl adjacent to an activating group) is 1. The molecule has 1 fully saturated rings. The molecule has 8 heteroatoms. The molecule has 3 aromatic rings. The SMILES string of the molecule is CCOC(=O)C1CCCN(C(=O)CN(C)C(=O)c2ccc3c(c2)nc(C)n3-c2ccccc2)C1. The number of fused-ring (bicyclic) bond motifs is 1. The van der Waals surface area contributed by atoms with Crippen molar-refractivity contribution in [3.63, 3.8) is 0 Å². The zero-order valence-corrected chi connectivity index (χ0v) is 19.9. The van der Waals surface area contributed by atoms with Gasteiger partial charge in [-0.3, -0.25) is 19.0 Å². The molecule has 1 atom stereocenters. The largest absolute Gasteiger partial charge is 0.466 e. The van der Waals surface area contributed by atoms with Gasteiger partial charge in [-0.05, 0) is 57.0 Å². The molecule has 0 saturated carbocycles. The van der Waals surface area contributed by atoms with E-state index in [4.69, 9.17) is 4.74 Å². The molecule has 8 nitrogen and oxygen atoms in total. The summed E-state index contributed by atoms with van der Waals surface area (Å²) in [5.41, 5.74) is 3.12. The number of rotatable bonds is 6. The standard InChI is InChI=1S/C26H30N4O4/c1-4-34-26(33)20-9-8-14-29(16-20)24(31)17-28(3)25(32)19-12-13-23-22(15-19)27-18(2)30(23)21-10-6-5-7-11-21/h5-7,10-13,15,20H,4,8-9,14,16-17H2,1-3H3. The minimum absolute atomic E-state index is 0.0517. The van der Waals surface area contributed by atoms with E-state index in [0.717, 1.165) is 29.0 Å². The molecular formula is C26H30N4O4. The molecule has 34 heavy (non-hydrogen) atoms. The average Bonchev–Trinajstić information content (AvgIpc) is 3.19. The number of carbonyl (C=O) groups is 3. The number of para-hydroxylation sites is 1. The van der Waals surface area contributed by atoms with Gasteiger partial charge in [-0.2, -0.15) is 0 Å². The number of ether oxygens (including phenoxy) is 1. The fourth-order valence-corrected chi connectivity index (χ4v) is 4.49. The third kappa shape index (κ3) is 4.81. The Balaban J connectivity index is 1.46. The summed E-state index contributed by atoms with van der Waals surface area (Å²) in [7, 11) is 1.62. The van der Waals surface area contributed by atoms with E-state index >= 15 is 0 Å². The van der Waals surface area contributed by atoms with E-state index in [9.17, 15) is 14.4 Å². The second-order valence-corrected chi connectivity index (χ2v) is 8.63. The lowest BCUT2D eigenvalue weighted by Crippen LogP contribution is -2.47. The Bertz CT molecular complexity index is 1200. The number of hydrogen-bond donors (Lipinski definition) is 0. The number of amides is 2. The van der Waals surface area contributed by atoms with Crippen LogP contribution < -0.4 is 0 Å². The predicted molar refractivity (Wildman–Crippen MR) is 129 cm³/mol. The summed E-state index contributed by atoms with van der Waals surface area (Å²) >= 11 is 0. The van der Waals surface area contributed by atoms with Crippen molar-refractivity contribution in [3.05, 3.63) is 59.9 Å². The van der Waals surface area contributed by atoms with Gasteiger partial charge < -0.3 is 14.5 Å². The van der Waals surface area contributed by atoms with Gasteiger partial charge in [-0.15, -0.1) is 0 Å². The Morgan fingerprint density at radius 3 is 2.65 bits per heavy atom. The van der Waals surface area contributed by atoms with Crippen LogP contribution in [0, 0.1) is 12.8 Å². The Morgan fingerprint density at radius 1 is 1.15 bits per heavy atom. The number of imidazole rings is 1. The lowest BCUT2D eigenvalue weighted by molar-refractivity contribution is -0.151. The van der Waals surface area contributed by atoms with E-state index in [1.54, 1.807) is 31.0 Å². The summed E-state index contributed by atoms with van der Waals surface area (Å²) in [5, 5.41) is 0. The predicted octanol–water partition coefficient (Wildman–Crippen LogP) is 3.21. The van der Waals surface area contributed by atoms with Crippen molar-refractivity contribution in [2.45, 2.75) is 26.7 Å². The monoisotopic (exact) mass is 462 g/mol. The van der Waals surface area contributed by atoms with Crippen molar-refractivity contribution >= 4 is 28.8 Å². The Labute approximate surface area is 199 Å². The number of nitrogens with zero attached hydrogens (tertiary/aromatic N) is 4. The van der Waals surface area contributed by atoms with Crippen LogP contribution in [0.5, 0.6) is 0 Å². The first-order valence-electron chi connectivity index (χ1n) is 11.6. The lowest BCUT2D eigenvalue weighted by atomic mass is 9.98. The van der Waals surface area contributed by atoms with Crippen LogP contribution in [-0.2, 0) is 14.3 Å². The minimum Gasteiger partial charge on any atom is -0.466 e. The summed E-state index contributed by atoms with van der Waals surface area (Å²) in [6.07, 6.45) is 1.46. The highest BCUT2D eigenvalue weighted by atomic mass is 16.5.